The summed E-state index contributed by atoms with van der Waals surface area (Å²) in [6.45, 7) is 4.41. The first kappa shape index (κ1) is 16.1. The quantitative estimate of drug-likeness (QED) is 0.501. The van der Waals surface area contributed by atoms with Crippen LogP contribution in [-0.2, 0) is 4.79 Å². The Morgan fingerprint density at radius 1 is 1.06 bits per heavy atom. The molecule has 0 N–H and O–H groups in total. The van der Waals surface area contributed by atoms with E-state index in [-0.39, 0.29) is 57.9 Å². The van der Waals surface area contributed by atoms with Crippen molar-refractivity contribution in [3.05, 3.63) is 0 Å². The molecule has 0 bridgehead atoms. The number of carbonyl (C=O) groups is 1. The van der Waals surface area contributed by atoms with Crippen LogP contribution in [0.25, 0.3) is 0 Å². The number of nitrogens with zero attached hydrogens (tertiary/aromatic N) is 2. The monoisotopic (exact) mass is 264 g/mol. The molecule has 92 valence electrons. The molecule has 2 aliphatic heterocycles. The summed E-state index contributed by atoms with van der Waals surface area (Å²) in [6, 6.07) is 0.693. The Morgan fingerprint density at radius 3 is 2.18 bits per heavy atom. The Morgan fingerprint density at radius 2 is 1.65 bits per heavy atom. The van der Waals surface area contributed by atoms with Gasteiger partial charge in [0.25, 0.3) is 0 Å². The van der Waals surface area contributed by atoms with Crippen LogP contribution in [0.5, 0.6) is 0 Å². The Labute approximate surface area is 146 Å². The molecule has 0 saturated carbocycles. The predicted molar refractivity (Wildman–Crippen MR) is 59.9 cm³/mol. The van der Waals surface area contributed by atoms with Gasteiger partial charge in [-0.3, -0.25) is 4.90 Å². The van der Waals surface area contributed by atoms with Gasteiger partial charge in [0.15, 0.2) is 0 Å². The van der Waals surface area contributed by atoms with Gasteiger partial charge >= 0.3 is 51.4 Å². The first-order valence-electron chi connectivity index (χ1n) is 6.42. The molecule has 2 saturated heterocycles. The summed E-state index contributed by atoms with van der Waals surface area (Å²) in [5, 5.41) is 10.5. The predicted octanol–water partition coefficient (Wildman–Crippen LogP) is -3.31. The summed E-state index contributed by atoms with van der Waals surface area (Å²) in [5.41, 5.74) is 0. The average molecular weight is 264 g/mol. The average Bonchev–Trinajstić information content (AvgIpc) is 2.30. The second-order valence-corrected chi connectivity index (χ2v) is 4.98. The van der Waals surface area contributed by atoms with E-state index in [9.17, 15) is 9.90 Å². The third-order valence-electron chi connectivity index (χ3n) is 3.82. The van der Waals surface area contributed by atoms with Gasteiger partial charge in [0.2, 0.25) is 0 Å². The minimum absolute atomic E-state index is 0. The fraction of sp³-hybridized carbons (Fsp3) is 0.917. The summed E-state index contributed by atoms with van der Waals surface area (Å²) in [6.07, 6.45) is 6.28. The van der Waals surface area contributed by atoms with Gasteiger partial charge in [-0.15, -0.1) is 0 Å². The number of carboxylic acid groups (broad SMARTS) is 1. The molecule has 2 heterocycles. The van der Waals surface area contributed by atoms with Gasteiger partial charge in [-0.05, 0) is 38.8 Å². The van der Waals surface area contributed by atoms with Crippen LogP contribution in [-0.4, -0.2) is 54.5 Å². The zero-order valence-corrected chi connectivity index (χ0v) is 14.0. The van der Waals surface area contributed by atoms with Crippen LogP contribution in [0, 0.1) is 0 Å². The van der Waals surface area contributed by atoms with Gasteiger partial charge in [-0.1, -0.05) is 6.42 Å². The molecule has 5 heteroatoms. The Kier molecular flexibility index (Phi) is 7.80. The van der Waals surface area contributed by atoms with Crippen molar-refractivity contribution in [2.75, 3.05) is 32.7 Å². The molecule has 0 unspecified atom stereocenters. The van der Waals surface area contributed by atoms with E-state index < -0.39 is 5.97 Å². The van der Waals surface area contributed by atoms with E-state index in [1.54, 1.807) is 0 Å². The maximum Gasteiger partial charge on any atom is 1.00 e. The Balaban J connectivity index is 0.00000144. The van der Waals surface area contributed by atoms with Crippen molar-refractivity contribution >= 4 is 5.97 Å². The van der Waals surface area contributed by atoms with Crippen molar-refractivity contribution in [1.82, 2.24) is 9.80 Å². The first-order valence-corrected chi connectivity index (χ1v) is 6.42. The smallest absolute Gasteiger partial charge is 0.549 e. The summed E-state index contributed by atoms with van der Waals surface area (Å²) in [5.74, 6) is -0.948. The van der Waals surface area contributed by atoms with Crippen molar-refractivity contribution in [2.24, 2.45) is 0 Å². The number of piperidine rings is 2. The number of carbonyl (C=O) groups excluding carboxylic acids is 1. The van der Waals surface area contributed by atoms with Gasteiger partial charge in [-0.25, -0.2) is 0 Å². The standard InChI is InChI=1S/C12H22N2O2.K/c15-12(16)10-13-8-4-11(5-9-13)14-6-2-1-3-7-14;/h11H,1-10H2,(H,15,16);/q;+1/p-1. The van der Waals surface area contributed by atoms with Crippen molar-refractivity contribution < 1.29 is 61.3 Å². The Hall–Kier alpha value is 1.03. The number of rotatable bonds is 3. The summed E-state index contributed by atoms with van der Waals surface area (Å²) in [4.78, 5) is 15.1. The van der Waals surface area contributed by atoms with Gasteiger partial charge in [0.05, 0.1) is 5.97 Å². The molecular formula is C12H21KN2O2. The molecule has 0 aliphatic carbocycles. The molecule has 0 atom stereocenters. The van der Waals surface area contributed by atoms with Gasteiger partial charge in [0.1, 0.15) is 0 Å². The fourth-order valence-electron chi connectivity index (χ4n) is 2.91. The van der Waals surface area contributed by atoms with Crippen molar-refractivity contribution in [1.29, 1.82) is 0 Å². The maximum absolute atomic E-state index is 10.5. The second-order valence-electron chi connectivity index (χ2n) is 4.98. The molecule has 17 heavy (non-hydrogen) atoms. The molecule has 2 aliphatic rings. The fourth-order valence-corrected chi connectivity index (χ4v) is 2.91. The van der Waals surface area contributed by atoms with E-state index >= 15 is 0 Å². The van der Waals surface area contributed by atoms with Crippen molar-refractivity contribution in [2.45, 2.75) is 38.1 Å². The minimum atomic E-state index is -0.948. The van der Waals surface area contributed by atoms with Crippen LogP contribution in [0.4, 0.5) is 0 Å². The van der Waals surface area contributed by atoms with Crippen molar-refractivity contribution in [3.8, 4) is 0 Å². The van der Waals surface area contributed by atoms with Crippen LogP contribution >= 0.6 is 0 Å². The van der Waals surface area contributed by atoms with E-state index in [2.05, 4.69) is 4.90 Å². The molecule has 2 fully saturated rings. The van der Waals surface area contributed by atoms with Gasteiger partial charge < -0.3 is 14.8 Å². The molecule has 0 aromatic carbocycles. The molecule has 0 aromatic heterocycles. The van der Waals surface area contributed by atoms with Crippen LogP contribution < -0.4 is 56.5 Å². The zero-order valence-electron chi connectivity index (χ0n) is 10.9. The number of hydrogen-bond donors (Lipinski definition) is 0. The van der Waals surface area contributed by atoms with Crippen LogP contribution in [0.3, 0.4) is 0 Å². The largest absolute Gasteiger partial charge is 1.00 e. The zero-order chi connectivity index (χ0) is 11.4. The molecule has 0 aromatic rings. The third kappa shape index (κ3) is 5.26. The van der Waals surface area contributed by atoms with Gasteiger partial charge in [0, 0.05) is 25.7 Å². The van der Waals surface area contributed by atoms with Gasteiger partial charge in [-0.2, -0.15) is 0 Å². The topological polar surface area (TPSA) is 46.6 Å². The number of aliphatic carboxylic acids is 1. The summed E-state index contributed by atoms with van der Waals surface area (Å²) in [7, 11) is 0. The van der Waals surface area contributed by atoms with E-state index in [0.717, 1.165) is 25.9 Å². The molecule has 0 amide bonds. The van der Waals surface area contributed by atoms with Crippen molar-refractivity contribution in [3.63, 3.8) is 0 Å². The number of likely N-dealkylation sites (tertiary alicyclic amines) is 2. The van der Waals surface area contributed by atoms with Crippen LogP contribution in [0.1, 0.15) is 32.1 Å². The van der Waals surface area contributed by atoms with Crippen LogP contribution in [0.2, 0.25) is 0 Å². The molecule has 0 spiro atoms. The first-order chi connectivity index (χ1) is 7.75. The van der Waals surface area contributed by atoms with E-state index in [0.29, 0.717) is 6.04 Å². The van der Waals surface area contributed by atoms with E-state index in [1.807, 2.05) is 4.90 Å². The third-order valence-corrected chi connectivity index (χ3v) is 3.82. The van der Waals surface area contributed by atoms with Crippen LogP contribution in [0.15, 0.2) is 0 Å². The maximum atomic E-state index is 10.5. The Bertz CT molecular complexity index is 237. The number of carboxylic acids is 1. The summed E-state index contributed by atoms with van der Waals surface area (Å²) < 4.78 is 0. The molecule has 4 nitrogen and oxygen atoms in total. The minimum Gasteiger partial charge on any atom is -0.549 e. The molecule has 0 radical (unpaired) electrons. The number of hydrogen-bond acceptors (Lipinski definition) is 4. The van der Waals surface area contributed by atoms with E-state index in [1.165, 1.54) is 32.4 Å². The molecular weight excluding hydrogens is 243 g/mol. The second kappa shape index (κ2) is 8.25. The normalized spacial score (nSPS) is 24.2. The van der Waals surface area contributed by atoms with E-state index in [4.69, 9.17) is 0 Å². The SMILES string of the molecule is O=C([O-])CN1CCC(N2CCCCC2)CC1.[K+]. The summed E-state index contributed by atoms with van der Waals surface area (Å²) >= 11 is 0. The molecule has 2 rings (SSSR count).